The highest BCUT2D eigenvalue weighted by Crippen LogP contribution is 2.33. The standard InChI is InChI=1S/C18H29N3/c1-14-6-7-18(16(11-14)12-19-2)21-10-8-17-15(13-21)5-4-9-20(17)3/h6-7,11,15,17,19H,4-5,8-10,12-13H2,1-3H3. The van der Waals surface area contributed by atoms with E-state index in [-0.39, 0.29) is 0 Å². The monoisotopic (exact) mass is 287 g/mol. The molecule has 2 aliphatic rings. The lowest BCUT2D eigenvalue weighted by atomic mass is 9.84. The van der Waals surface area contributed by atoms with Crippen LogP contribution in [-0.4, -0.2) is 44.7 Å². The van der Waals surface area contributed by atoms with Gasteiger partial charge in [-0.1, -0.05) is 17.7 Å². The molecule has 1 aromatic rings. The van der Waals surface area contributed by atoms with Crippen LogP contribution < -0.4 is 10.2 Å². The largest absolute Gasteiger partial charge is 0.371 e. The first-order valence-corrected chi connectivity index (χ1v) is 8.38. The van der Waals surface area contributed by atoms with Gasteiger partial charge in [-0.3, -0.25) is 0 Å². The van der Waals surface area contributed by atoms with E-state index in [1.54, 1.807) is 0 Å². The van der Waals surface area contributed by atoms with Gasteiger partial charge in [0.25, 0.3) is 0 Å². The maximum Gasteiger partial charge on any atom is 0.0412 e. The molecule has 2 fully saturated rings. The number of piperidine rings is 2. The molecule has 0 aromatic heterocycles. The van der Waals surface area contributed by atoms with Crippen molar-refractivity contribution in [2.24, 2.45) is 5.92 Å². The van der Waals surface area contributed by atoms with Crippen molar-refractivity contribution in [3.8, 4) is 0 Å². The van der Waals surface area contributed by atoms with Crippen LogP contribution in [0.3, 0.4) is 0 Å². The first-order valence-electron chi connectivity index (χ1n) is 8.38. The Hall–Kier alpha value is -1.06. The van der Waals surface area contributed by atoms with Gasteiger partial charge < -0.3 is 15.1 Å². The highest BCUT2D eigenvalue weighted by molar-refractivity contribution is 5.55. The number of fused-ring (bicyclic) bond motifs is 1. The van der Waals surface area contributed by atoms with E-state index in [4.69, 9.17) is 0 Å². The summed E-state index contributed by atoms with van der Waals surface area (Å²) in [6.45, 7) is 6.86. The number of anilines is 1. The Bertz CT molecular complexity index is 485. The molecule has 3 nitrogen and oxygen atoms in total. The molecule has 2 unspecified atom stereocenters. The highest BCUT2D eigenvalue weighted by Gasteiger charge is 2.34. The lowest BCUT2D eigenvalue weighted by Gasteiger charge is -2.47. The van der Waals surface area contributed by atoms with E-state index in [1.165, 1.54) is 55.7 Å². The maximum absolute atomic E-state index is 3.32. The zero-order valence-electron chi connectivity index (χ0n) is 13.7. The SMILES string of the molecule is CNCc1cc(C)ccc1N1CCC2C(CCCN2C)C1. The number of hydrogen-bond donors (Lipinski definition) is 1. The van der Waals surface area contributed by atoms with Crippen molar-refractivity contribution in [3.63, 3.8) is 0 Å². The van der Waals surface area contributed by atoms with Crippen molar-refractivity contribution < 1.29 is 0 Å². The van der Waals surface area contributed by atoms with Crippen LogP contribution in [-0.2, 0) is 6.54 Å². The molecule has 2 heterocycles. The highest BCUT2D eigenvalue weighted by atomic mass is 15.2. The van der Waals surface area contributed by atoms with Gasteiger partial charge in [-0.05, 0) is 64.4 Å². The number of rotatable bonds is 3. The summed E-state index contributed by atoms with van der Waals surface area (Å²) in [4.78, 5) is 5.22. The molecule has 0 bridgehead atoms. The molecule has 1 N–H and O–H groups in total. The Labute approximate surface area is 129 Å². The Balaban J connectivity index is 1.79. The molecule has 0 radical (unpaired) electrons. The van der Waals surface area contributed by atoms with Crippen LogP contribution in [0.5, 0.6) is 0 Å². The second-order valence-corrected chi connectivity index (χ2v) is 6.85. The quantitative estimate of drug-likeness (QED) is 0.922. The van der Waals surface area contributed by atoms with Crippen LogP contribution in [0.25, 0.3) is 0 Å². The van der Waals surface area contributed by atoms with Gasteiger partial charge in [0, 0.05) is 31.4 Å². The fraction of sp³-hybridized carbons (Fsp3) is 0.667. The maximum atomic E-state index is 3.32. The van der Waals surface area contributed by atoms with Crippen LogP contribution in [0.4, 0.5) is 5.69 Å². The van der Waals surface area contributed by atoms with E-state index in [2.05, 4.69) is 47.3 Å². The number of likely N-dealkylation sites (tertiary alicyclic amines) is 1. The van der Waals surface area contributed by atoms with Gasteiger partial charge in [-0.2, -0.15) is 0 Å². The summed E-state index contributed by atoms with van der Waals surface area (Å²) in [5.74, 6) is 0.848. The zero-order chi connectivity index (χ0) is 14.8. The smallest absolute Gasteiger partial charge is 0.0412 e. The zero-order valence-corrected chi connectivity index (χ0v) is 13.7. The molecule has 2 saturated heterocycles. The average Bonchev–Trinajstić information content (AvgIpc) is 2.48. The second kappa shape index (κ2) is 6.37. The molecule has 3 heteroatoms. The molecular formula is C18H29N3. The predicted octanol–water partition coefficient (Wildman–Crippen LogP) is 2.63. The fourth-order valence-electron chi connectivity index (χ4n) is 4.23. The molecule has 0 amide bonds. The Morgan fingerprint density at radius 2 is 2.10 bits per heavy atom. The molecule has 21 heavy (non-hydrogen) atoms. The molecular weight excluding hydrogens is 258 g/mol. The third-order valence-electron chi connectivity index (χ3n) is 5.29. The molecule has 1 aromatic carbocycles. The van der Waals surface area contributed by atoms with Gasteiger partial charge in [0.1, 0.15) is 0 Å². The van der Waals surface area contributed by atoms with E-state index < -0.39 is 0 Å². The normalized spacial score (nSPS) is 26.7. The summed E-state index contributed by atoms with van der Waals surface area (Å²) < 4.78 is 0. The van der Waals surface area contributed by atoms with Crippen molar-refractivity contribution in [1.29, 1.82) is 0 Å². The van der Waals surface area contributed by atoms with Crippen molar-refractivity contribution in [3.05, 3.63) is 29.3 Å². The summed E-state index contributed by atoms with van der Waals surface area (Å²) in [6, 6.07) is 7.74. The van der Waals surface area contributed by atoms with Crippen LogP contribution in [0.15, 0.2) is 18.2 Å². The van der Waals surface area contributed by atoms with Crippen molar-refractivity contribution >= 4 is 5.69 Å². The minimum absolute atomic E-state index is 0.813. The molecule has 2 atom stereocenters. The minimum atomic E-state index is 0.813. The van der Waals surface area contributed by atoms with Crippen molar-refractivity contribution in [2.75, 3.05) is 38.6 Å². The summed E-state index contributed by atoms with van der Waals surface area (Å²) in [6.07, 6.45) is 4.08. The molecule has 0 spiro atoms. The lowest BCUT2D eigenvalue weighted by molar-refractivity contribution is 0.102. The topological polar surface area (TPSA) is 18.5 Å². The van der Waals surface area contributed by atoms with E-state index in [0.717, 1.165) is 18.5 Å². The first-order chi connectivity index (χ1) is 10.2. The van der Waals surface area contributed by atoms with Gasteiger partial charge in [-0.15, -0.1) is 0 Å². The van der Waals surface area contributed by atoms with E-state index in [1.807, 2.05) is 7.05 Å². The second-order valence-electron chi connectivity index (χ2n) is 6.85. The van der Waals surface area contributed by atoms with Gasteiger partial charge in [0.2, 0.25) is 0 Å². The third kappa shape index (κ3) is 3.09. The summed E-state index contributed by atoms with van der Waals surface area (Å²) in [5, 5.41) is 3.32. The van der Waals surface area contributed by atoms with Crippen LogP contribution in [0, 0.1) is 12.8 Å². The number of aryl methyl sites for hydroxylation is 1. The third-order valence-corrected chi connectivity index (χ3v) is 5.29. The van der Waals surface area contributed by atoms with E-state index >= 15 is 0 Å². The predicted molar refractivity (Wildman–Crippen MR) is 89.9 cm³/mol. The van der Waals surface area contributed by atoms with Crippen molar-refractivity contribution in [2.45, 2.75) is 38.8 Å². The number of nitrogens with zero attached hydrogens (tertiary/aromatic N) is 2. The number of hydrogen-bond acceptors (Lipinski definition) is 3. The van der Waals surface area contributed by atoms with Gasteiger partial charge in [-0.25, -0.2) is 0 Å². The Kier molecular flexibility index (Phi) is 4.51. The summed E-state index contributed by atoms with van der Waals surface area (Å²) in [7, 11) is 4.35. The van der Waals surface area contributed by atoms with Gasteiger partial charge in [0.15, 0.2) is 0 Å². The van der Waals surface area contributed by atoms with Crippen molar-refractivity contribution in [1.82, 2.24) is 10.2 Å². The molecule has 2 aliphatic heterocycles. The summed E-state index contributed by atoms with van der Waals surface area (Å²) >= 11 is 0. The van der Waals surface area contributed by atoms with Crippen LogP contribution >= 0.6 is 0 Å². The Morgan fingerprint density at radius 1 is 1.24 bits per heavy atom. The fourth-order valence-corrected chi connectivity index (χ4v) is 4.23. The Morgan fingerprint density at radius 3 is 2.90 bits per heavy atom. The van der Waals surface area contributed by atoms with Gasteiger partial charge in [0.05, 0.1) is 0 Å². The average molecular weight is 287 g/mol. The summed E-state index contributed by atoms with van der Waals surface area (Å²) in [5.41, 5.74) is 4.25. The number of benzene rings is 1. The van der Waals surface area contributed by atoms with Crippen LogP contribution in [0.1, 0.15) is 30.4 Å². The first kappa shape index (κ1) is 14.9. The van der Waals surface area contributed by atoms with Gasteiger partial charge >= 0.3 is 0 Å². The molecule has 116 valence electrons. The van der Waals surface area contributed by atoms with E-state index in [9.17, 15) is 0 Å². The molecule has 0 aliphatic carbocycles. The van der Waals surface area contributed by atoms with E-state index in [0.29, 0.717) is 0 Å². The minimum Gasteiger partial charge on any atom is -0.371 e. The molecule has 3 rings (SSSR count). The lowest BCUT2D eigenvalue weighted by Crippen LogP contribution is -2.52. The number of nitrogens with one attached hydrogen (secondary N) is 1. The van der Waals surface area contributed by atoms with Crippen LogP contribution in [0.2, 0.25) is 0 Å². The molecule has 0 saturated carbocycles.